The summed E-state index contributed by atoms with van der Waals surface area (Å²) >= 11 is 2.20. The summed E-state index contributed by atoms with van der Waals surface area (Å²) < 4.78 is 11.0. The maximum atomic E-state index is 11.8. The Morgan fingerprint density at radius 2 is 1.50 bits per heavy atom. The van der Waals surface area contributed by atoms with Crippen molar-refractivity contribution in [1.29, 1.82) is 0 Å². The highest BCUT2D eigenvalue weighted by Gasteiger charge is 2.30. The van der Waals surface area contributed by atoms with E-state index in [9.17, 15) is 9.59 Å². The Morgan fingerprint density at radius 3 is 1.78 bits per heavy atom. The van der Waals surface area contributed by atoms with E-state index in [2.05, 4.69) is 22.6 Å². The van der Waals surface area contributed by atoms with Crippen LogP contribution in [-0.4, -0.2) is 25.2 Å². The van der Waals surface area contributed by atoms with Crippen molar-refractivity contribution in [3.63, 3.8) is 0 Å². The van der Waals surface area contributed by atoms with Crippen molar-refractivity contribution in [1.82, 2.24) is 0 Å². The molecule has 0 aromatic heterocycles. The first-order chi connectivity index (χ1) is 8.47. The highest BCUT2D eigenvalue weighted by atomic mass is 127. The quantitative estimate of drug-likeness (QED) is 0.393. The lowest BCUT2D eigenvalue weighted by Gasteiger charge is -2.16. The van der Waals surface area contributed by atoms with Gasteiger partial charge < -0.3 is 9.47 Å². The molecule has 18 heavy (non-hydrogen) atoms. The summed E-state index contributed by atoms with van der Waals surface area (Å²) in [5, 5.41) is 0. The van der Waals surface area contributed by atoms with Gasteiger partial charge >= 0.3 is 11.9 Å². The fourth-order valence-electron chi connectivity index (χ4n) is 1.52. The van der Waals surface area contributed by atoms with E-state index in [0.29, 0.717) is 6.42 Å². The molecule has 0 aliphatic heterocycles. The molecule has 0 unspecified atom stereocenters. The predicted molar refractivity (Wildman–Crippen MR) is 78.4 cm³/mol. The average Bonchev–Trinajstić information content (AvgIpc) is 2.30. The number of halogens is 1. The molecule has 0 amide bonds. The fourth-order valence-corrected chi connectivity index (χ4v) is 2.13. The third kappa shape index (κ3) is 5.84. The van der Waals surface area contributed by atoms with Gasteiger partial charge in [-0.2, -0.15) is 0 Å². The first-order valence-corrected chi connectivity index (χ1v) is 7.23. The standard InChI is InChI=1S/C13H21IO4/c1-5-10(9(4)14)8-11(12(15)17-6-2)13(16)18-7-3/h11H,5-8H2,1-4H3/b10-9-. The zero-order chi connectivity index (χ0) is 14.1. The van der Waals surface area contributed by atoms with Gasteiger partial charge in [0, 0.05) is 0 Å². The van der Waals surface area contributed by atoms with Crippen molar-refractivity contribution in [2.24, 2.45) is 5.92 Å². The summed E-state index contributed by atoms with van der Waals surface area (Å²) in [6.07, 6.45) is 1.19. The molecule has 0 radical (unpaired) electrons. The average molecular weight is 368 g/mol. The minimum Gasteiger partial charge on any atom is -0.465 e. The molecular weight excluding hydrogens is 347 g/mol. The Kier molecular flexibility index (Phi) is 9.05. The van der Waals surface area contributed by atoms with Crippen LogP contribution in [0.4, 0.5) is 0 Å². The molecule has 0 bridgehead atoms. The molecule has 0 saturated heterocycles. The molecule has 0 aliphatic rings. The summed E-state index contributed by atoms with van der Waals surface area (Å²) in [6, 6.07) is 0. The fraction of sp³-hybridized carbons (Fsp3) is 0.692. The molecule has 0 N–H and O–H groups in total. The molecule has 0 fully saturated rings. The zero-order valence-electron chi connectivity index (χ0n) is 11.4. The number of esters is 2. The molecule has 0 saturated carbocycles. The molecule has 0 aromatic carbocycles. The summed E-state index contributed by atoms with van der Waals surface area (Å²) in [6.45, 7) is 7.95. The van der Waals surface area contributed by atoms with Crippen molar-refractivity contribution in [3.8, 4) is 0 Å². The second kappa shape index (κ2) is 9.35. The SMILES string of the molecule is CCOC(=O)C(C/C(CC)=C(/C)I)C(=O)OCC. The Morgan fingerprint density at radius 1 is 1.06 bits per heavy atom. The van der Waals surface area contributed by atoms with Crippen molar-refractivity contribution in [2.45, 2.75) is 40.5 Å². The maximum Gasteiger partial charge on any atom is 0.320 e. The first kappa shape index (κ1) is 17.4. The van der Waals surface area contributed by atoms with Gasteiger partial charge in [-0.3, -0.25) is 9.59 Å². The van der Waals surface area contributed by atoms with Crippen LogP contribution in [0.2, 0.25) is 0 Å². The van der Waals surface area contributed by atoms with Gasteiger partial charge in [0.15, 0.2) is 5.92 Å². The molecule has 0 spiro atoms. The molecule has 0 rings (SSSR count). The third-order valence-corrected chi connectivity index (χ3v) is 3.27. The number of allylic oxidation sites excluding steroid dienone is 2. The van der Waals surface area contributed by atoms with Gasteiger partial charge in [-0.15, -0.1) is 0 Å². The lowest BCUT2D eigenvalue weighted by Crippen LogP contribution is -2.28. The van der Waals surface area contributed by atoms with Crippen LogP contribution < -0.4 is 0 Å². The maximum absolute atomic E-state index is 11.8. The van der Waals surface area contributed by atoms with Gasteiger partial charge in [-0.1, -0.05) is 12.5 Å². The van der Waals surface area contributed by atoms with Crippen LogP contribution in [-0.2, 0) is 19.1 Å². The highest BCUT2D eigenvalue weighted by molar-refractivity contribution is 14.1. The number of hydrogen-bond donors (Lipinski definition) is 0. The summed E-state index contributed by atoms with van der Waals surface area (Å²) in [4.78, 5) is 23.6. The molecule has 104 valence electrons. The number of carbonyl (C=O) groups is 2. The van der Waals surface area contributed by atoms with Gasteiger partial charge in [0.1, 0.15) is 0 Å². The smallest absolute Gasteiger partial charge is 0.320 e. The highest BCUT2D eigenvalue weighted by Crippen LogP contribution is 2.24. The van der Waals surface area contributed by atoms with E-state index < -0.39 is 17.9 Å². The second-order valence-electron chi connectivity index (χ2n) is 3.75. The van der Waals surface area contributed by atoms with Gasteiger partial charge in [-0.25, -0.2) is 0 Å². The predicted octanol–water partition coefficient (Wildman–Crippen LogP) is 3.24. The van der Waals surface area contributed by atoms with Crippen LogP contribution in [0.15, 0.2) is 9.15 Å². The third-order valence-electron chi connectivity index (χ3n) is 2.51. The van der Waals surface area contributed by atoms with Gasteiger partial charge in [-0.05, 0) is 59.8 Å². The van der Waals surface area contributed by atoms with E-state index >= 15 is 0 Å². The Balaban J connectivity index is 4.93. The van der Waals surface area contributed by atoms with Gasteiger partial charge in [0.05, 0.1) is 13.2 Å². The molecule has 5 heteroatoms. The monoisotopic (exact) mass is 368 g/mol. The molecule has 0 aromatic rings. The Bertz CT molecular complexity index is 301. The van der Waals surface area contributed by atoms with E-state index in [1.807, 2.05) is 13.8 Å². The molecular formula is C13H21IO4. The molecule has 0 atom stereocenters. The molecule has 0 heterocycles. The van der Waals surface area contributed by atoms with Crippen LogP contribution >= 0.6 is 22.6 Å². The number of hydrogen-bond acceptors (Lipinski definition) is 4. The number of rotatable bonds is 7. The van der Waals surface area contributed by atoms with E-state index in [4.69, 9.17) is 9.47 Å². The minimum absolute atomic E-state index is 0.267. The zero-order valence-corrected chi connectivity index (χ0v) is 13.6. The van der Waals surface area contributed by atoms with Crippen LogP contribution in [0.5, 0.6) is 0 Å². The van der Waals surface area contributed by atoms with Crippen LogP contribution in [0, 0.1) is 5.92 Å². The number of carbonyl (C=O) groups excluding carboxylic acids is 2. The first-order valence-electron chi connectivity index (χ1n) is 6.15. The molecule has 0 aliphatic carbocycles. The van der Waals surface area contributed by atoms with Crippen molar-refractivity contribution < 1.29 is 19.1 Å². The van der Waals surface area contributed by atoms with Crippen molar-refractivity contribution in [2.75, 3.05) is 13.2 Å². The summed E-state index contributed by atoms with van der Waals surface area (Å²) in [5.41, 5.74) is 1.08. The lowest BCUT2D eigenvalue weighted by molar-refractivity contribution is -0.161. The lowest BCUT2D eigenvalue weighted by atomic mass is 9.97. The van der Waals surface area contributed by atoms with E-state index in [-0.39, 0.29) is 13.2 Å². The Hall–Kier alpha value is -0.590. The summed E-state index contributed by atoms with van der Waals surface area (Å²) in [7, 11) is 0. The Labute approximate surface area is 122 Å². The normalized spacial score (nSPS) is 12.1. The number of ether oxygens (including phenoxy) is 2. The van der Waals surface area contributed by atoms with E-state index in [0.717, 1.165) is 15.6 Å². The van der Waals surface area contributed by atoms with E-state index in [1.165, 1.54) is 0 Å². The van der Waals surface area contributed by atoms with Crippen LogP contribution in [0.3, 0.4) is 0 Å². The molecule has 4 nitrogen and oxygen atoms in total. The second-order valence-corrected chi connectivity index (χ2v) is 5.37. The van der Waals surface area contributed by atoms with Gasteiger partial charge in [0.2, 0.25) is 0 Å². The summed E-state index contributed by atoms with van der Waals surface area (Å²) in [5.74, 6) is -1.84. The van der Waals surface area contributed by atoms with Crippen molar-refractivity contribution in [3.05, 3.63) is 9.15 Å². The largest absolute Gasteiger partial charge is 0.465 e. The minimum atomic E-state index is -0.843. The topological polar surface area (TPSA) is 52.6 Å². The van der Waals surface area contributed by atoms with Crippen LogP contribution in [0.1, 0.15) is 40.5 Å². The van der Waals surface area contributed by atoms with Crippen molar-refractivity contribution >= 4 is 34.5 Å². The van der Waals surface area contributed by atoms with Crippen LogP contribution in [0.25, 0.3) is 0 Å². The van der Waals surface area contributed by atoms with E-state index in [1.54, 1.807) is 13.8 Å². The van der Waals surface area contributed by atoms with Gasteiger partial charge in [0.25, 0.3) is 0 Å².